The molecule has 3 aromatic rings. The Morgan fingerprint density at radius 1 is 1.13 bits per heavy atom. The number of rotatable bonds is 10. The molecule has 0 radical (unpaired) electrons. The van der Waals surface area contributed by atoms with Crippen molar-refractivity contribution in [1.82, 2.24) is 19.7 Å². The molecule has 0 spiro atoms. The van der Waals surface area contributed by atoms with Crippen molar-refractivity contribution in [2.75, 3.05) is 0 Å². The summed E-state index contributed by atoms with van der Waals surface area (Å²) in [5, 5.41) is 14.1. The number of hydrogen-bond donors (Lipinski definition) is 1. The Balaban J connectivity index is 1.81. The lowest BCUT2D eigenvalue weighted by Gasteiger charge is -2.08. The molecule has 30 heavy (non-hydrogen) atoms. The van der Waals surface area contributed by atoms with Crippen LogP contribution < -0.4 is 0 Å². The highest BCUT2D eigenvalue weighted by Crippen LogP contribution is 2.23. The number of hydrogen-bond acceptors (Lipinski definition) is 4. The maximum atomic E-state index is 11.5. The Labute approximate surface area is 178 Å². The maximum absolute atomic E-state index is 11.5. The molecule has 0 aliphatic carbocycles. The molecule has 0 fully saturated rings. The Morgan fingerprint density at radius 2 is 1.93 bits per heavy atom. The first-order valence-corrected chi connectivity index (χ1v) is 10.7. The average Bonchev–Trinajstić information content (AvgIpc) is 3.09. The van der Waals surface area contributed by atoms with E-state index >= 15 is 0 Å². The van der Waals surface area contributed by atoms with Gasteiger partial charge in [-0.1, -0.05) is 57.9 Å². The van der Waals surface area contributed by atoms with E-state index < -0.39 is 5.97 Å². The number of unbranched alkanes of at least 4 members (excludes halogenated alkanes) is 2. The normalized spacial score (nSPS) is 11.2. The van der Waals surface area contributed by atoms with Crippen LogP contribution in [0.5, 0.6) is 0 Å². The van der Waals surface area contributed by atoms with E-state index in [0.717, 1.165) is 42.3 Å². The third-order valence-corrected chi connectivity index (χ3v) is 4.99. The molecule has 0 aliphatic heterocycles. The first-order chi connectivity index (χ1) is 14.5. The summed E-state index contributed by atoms with van der Waals surface area (Å²) < 4.78 is 2.03. The fourth-order valence-electron chi connectivity index (χ4n) is 3.47. The van der Waals surface area contributed by atoms with E-state index in [0.29, 0.717) is 17.9 Å². The number of aromatic nitrogens is 4. The van der Waals surface area contributed by atoms with E-state index in [1.54, 1.807) is 18.3 Å². The van der Waals surface area contributed by atoms with Crippen LogP contribution in [-0.4, -0.2) is 30.8 Å². The van der Waals surface area contributed by atoms with Gasteiger partial charge >= 0.3 is 5.97 Å². The first kappa shape index (κ1) is 21.7. The second kappa shape index (κ2) is 10.1. The van der Waals surface area contributed by atoms with Crippen LogP contribution in [0.3, 0.4) is 0 Å². The van der Waals surface area contributed by atoms with E-state index in [-0.39, 0.29) is 5.56 Å². The van der Waals surface area contributed by atoms with E-state index in [1.807, 2.05) is 28.9 Å². The smallest absolute Gasteiger partial charge is 0.336 e. The lowest BCUT2D eigenvalue weighted by atomic mass is 10.0. The predicted octanol–water partition coefficient (Wildman–Crippen LogP) is 5.02. The Bertz CT molecular complexity index is 977. The van der Waals surface area contributed by atoms with Gasteiger partial charge in [-0.3, -0.25) is 4.98 Å². The second-order valence-corrected chi connectivity index (χ2v) is 8.04. The van der Waals surface area contributed by atoms with E-state index in [9.17, 15) is 9.90 Å². The number of carboxylic acids is 1. The van der Waals surface area contributed by atoms with Crippen molar-refractivity contribution in [2.45, 2.75) is 59.4 Å². The van der Waals surface area contributed by atoms with Crippen molar-refractivity contribution >= 4 is 5.97 Å². The molecule has 158 valence electrons. The second-order valence-electron chi connectivity index (χ2n) is 8.04. The summed E-state index contributed by atoms with van der Waals surface area (Å²) >= 11 is 0. The lowest BCUT2D eigenvalue weighted by molar-refractivity contribution is 0.0697. The van der Waals surface area contributed by atoms with Crippen LogP contribution in [0.2, 0.25) is 0 Å². The summed E-state index contributed by atoms with van der Waals surface area (Å²) in [7, 11) is 0. The molecule has 0 aliphatic rings. The van der Waals surface area contributed by atoms with Crippen molar-refractivity contribution < 1.29 is 9.90 Å². The SMILES string of the molecule is CCCCCn1nc(CC(C)C)nc1Cc1ccc(-c2ccccc2C(=O)O)cn1. The number of aromatic carboxylic acids is 1. The molecular weight excluding hydrogens is 376 g/mol. The highest BCUT2D eigenvalue weighted by atomic mass is 16.4. The first-order valence-electron chi connectivity index (χ1n) is 10.7. The number of aryl methyl sites for hydroxylation is 1. The summed E-state index contributed by atoms with van der Waals surface area (Å²) in [6.45, 7) is 7.41. The van der Waals surface area contributed by atoms with E-state index in [2.05, 4.69) is 25.8 Å². The molecule has 0 unspecified atom stereocenters. The number of carboxylic acid groups (broad SMARTS) is 1. The van der Waals surface area contributed by atoms with Gasteiger partial charge in [0, 0.05) is 36.8 Å². The van der Waals surface area contributed by atoms with E-state index in [1.165, 1.54) is 12.8 Å². The zero-order chi connectivity index (χ0) is 21.5. The zero-order valence-electron chi connectivity index (χ0n) is 18.0. The minimum atomic E-state index is -0.937. The number of pyridine rings is 1. The quantitative estimate of drug-likeness (QED) is 0.478. The number of carbonyl (C=O) groups is 1. The number of nitrogens with zero attached hydrogens (tertiary/aromatic N) is 4. The van der Waals surface area contributed by atoms with Gasteiger partial charge in [-0.05, 0) is 30.0 Å². The molecule has 2 aromatic heterocycles. The van der Waals surface area contributed by atoms with Crippen LogP contribution in [0.1, 0.15) is 67.7 Å². The minimum absolute atomic E-state index is 0.279. The lowest BCUT2D eigenvalue weighted by Crippen LogP contribution is -2.07. The molecule has 6 nitrogen and oxygen atoms in total. The molecule has 0 amide bonds. The summed E-state index contributed by atoms with van der Waals surface area (Å²) in [4.78, 5) is 20.8. The van der Waals surface area contributed by atoms with Gasteiger partial charge in [0.25, 0.3) is 0 Å². The predicted molar refractivity (Wildman–Crippen MR) is 118 cm³/mol. The van der Waals surface area contributed by atoms with Gasteiger partial charge in [-0.25, -0.2) is 14.5 Å². The van der Waals surface area contributed by atoms with Gasteiger partial charge in [0.15, 0.2) is 5.82 Å². The number of benzene rings is 1. The molecule has 3 rings (SSSR count). The largest absolute Gasteiger partial charge is 0.478 e. The summed E-state index contributed by atoms with van der Waals surface area (Å²) in [6.07, 6.45) is 6.65. The van der Waals surface area contributed by atoms with Gasteiger partial charge in [0.1, 0.15) is 5.82 Å². The molecule has 0 atom stereocenters. The molecule has 0 bridgehead atoms. The fraction of sp³-hybridized carbons (Fsp3) is 0.417. The molecule has 1 aromatic carbocycles. The molecule has 6 heteroatoms. The highest BCUT2D eigenvalue weighted by Gasteiger charge is 2.14. The minimum Gasteiger partial charge on any atom is -0.478 e. The van der Waals surface area contributed by atoms with Crippen molar-refractivity contribution in [3.05, 3.63) is 65.5 Å². The van der Waals surface area contributed by atoms with Crippen LogP contribution in [0.25, 0.3) is 11.1 Å². The van der Waals surface area contributed by atoms with Crippen molar-refractivity contribution in [3.8, 4) is 11.1 Å². The van der Waals surface area contributed by atoms with Crippen molar-refractivity contribution in [1.29, 1.82) is 0 Å². The maximum Gasteiger partial charge on any atom is 0.336 e. The molecule has 0 saturated heterocycles. The van der Waals surface area contributed by atoms with Gasteiger partial charge in [0.05, 0.1) is 5.56 Å². The van der Waals surface area contributed by atoms with Gasteiger partial charge in [-0.2, -0.15) is 5.10 Å². The van der Waals surface area contributed by atoms with Gasteiger partial charge in [0.2, 0.25) is 0 Å². The van der Waals surface area contributed by atoms with E-state index in [4.69, 9.17) is 10.1 Å². The Kier molecular flexibility index (Phi) is 7.33. The van der Waals surface area contributed by atoms with Gasteiger partial charge < -0.3 is 5.11 Å². The van der Waals surface area contributed by atoms with Crippen LogP contribution in [0, 0.1) is 5.92 Å². The fourth-order valence-corrected chi connectivity index (χ4v) is 3.47. The highest BCUT2D eigenvalue weighted by molar-refractivity contribution is 5.95. The van der Waals surface area contributed by atoms with Crippen LogP contribution >= 0.6 is 0 Å². The summed E-state index contributed by atoms with van der Waals surface area (Å²) in [5.41, 5.74) is 2.64. The van der Waals surface area contributed by atoms with Crippen molar-refractivity contribution in [2.24, 2.45) is 5.92 Å². The third-order valence-electron chi connectivity index (χ3n) is 4.99. The van der Waals surface area contributed by atoms with Crippen LogP contribution in [-0.2, 0) is 19.4 Å². The molecule has 0 saturated carbocycles. The van der Waals surface area contributed by atoms with Crippen molar-refractivity contribution in [3.63, 3.8) is 0 Å². The van der Waals surface area contributed by atoms with Crippen LogP contribution in [0.15, 0.2) is 42.6 Å². The average molecular weight is 407 g/mol. The molecule has 1 N–H and O–H groups in total. The zero-order valence-corrected chi connectivity index (χ0v) is 18.0. The summed E-state index contributed by atoms with van der Waals surface area (Å²) in [6, 6.07) is 10.9. The standard InChI is InChI=1S/C24H30N4O2/c1-4-5-8-13-28-23(26-22(27-28)14-17(2)3)15-19-12-11-18(16-25-19)20-9-6-7-10-21(20)24(29)30/h6-7,9-12,16-17H,4-5,8,13-15H2,1-3H3,(H,29,30). The Morgan fingerprint density at radius 3 is 2.60 bits per heavy atom. The molecule has 2 heterocycles. The van der Waals surface area contributed by atoms with Crippen LogP contribution in [0.4, 0.5) is 0 Å². The van der Waals surface area contributed by atoms with Gasteiger partial charge in [-0.15, -0.1) is 0 Å². The topological polar surface area (TPSA) is 80.9 Å². The third kappa shape index (κ3) is 5.53. The molecular formula is C24H30N4O2. The Hall–Kier alpha value is -3.02. The monoisotopic (exact) mass is 406 g/mol. The summed E-state index contributed by atoms with van der Waals surface area (Å²) in [5.74, 6) is 1.40.